The Hall–Kier alpha value is -2.92. The number of carbonyl (C=O) groups is 2. The fourth-order valence-corrected chi connectivity index (χ4v) is 1.62. The van der Waals surface area contributed by atoms with Gasteiger partial charge >= 0.3 is 11.9 Å². The molecule has 0 saturated carbocycles. The number of carbonyl (C=O) groups excluding carboxylic acids is 2. The van der Waals surface area contributed by atoms with Gasteiger partial charge in [0.1, 0.15) is 12.2 Å². The predicted octanol–water partition coefficient (Wildman–Crippen LogP) is 1.57. The molecule has 1 aromatic rings. The predicted molar refractivity (Wildman–Crippen MR) is 89.4 cm³/mol. The molecule has 0 heterocycles. The van der Waals surface area contributed by atoms with E-state index >= 15 is 0 Å². The zero-order chi connectivity index (χ0) is 18.9. The number of esters is 2. The van der Waals surface area contributed by atoms with Gasteiger partial charge < -0.3 is 9.47 Å². The second-order valence-corrected chi connectivity index (χ2v) is 5.99. The third-order valence-electron chi connectivity index (χ3n) is 2.61. The van der Waals surface area contributed by atoms with Gasteiger partial charge in [0.25, 0.3) is 5.69 Å². The summed E-state index contributed by atoms with van der Waals surface area (Å²) < 4.78 is 10.0. The quantitative estimate of drug-likeness (QED) is 0.208. The van der Waals surface area contributed by atoms with Crippen molar-refractivity contribution in [3.8, 4) is 11.8 Å². The van der Waals surface area contributed by atoms with Gasteiger partial charge in [-0.2, -0.15) is 0 Å². The van der Waals surface area contributed by atoms with Gasteiger partial charge in [-0.25, -0.2) is 4.79 Å². The van der Waals surface area contributed by atoms with E-state index in [9.17, 15) is 19.7 Å². The number of nitrogens with zero attached hydrogens (tertiary/aromatic N) is 1. The van der Waals surface area contributed by atoms with Gasteiger partial charge in [0, 0.05) is 18.1 Å². The SMILES string of the molecule is CC(C)(C)OC(=O)CNCC#CC(=O)OCc1ccc([N+](=O)[O-])cc1. The van der Waals surface area contributed by atoms with E-state index in [1.807, 2.05) is 0 Å². The molecule has 0 amide bonds. The van der Waals surface area contributed by atoms with Crippen LogP contribution in [0.4, 0.5) is 5.69 Å². The first-order valence-corrected chi connectivity index (χ1v) is 7.49. The smallest absolute Gasteiger partial charge is 0.384 e. The molecule has 0 radical (unpaired) electrons. The number of hydrogen-bond donors (Lipinski definition) is 1. The molecule has 134 valence electrons. The molecule has 0 fully saturated rings. The summed E-state index contributed by atoms with van der Waals surface area (Å²) in [5, 5.41) is 13.3. The number of benzene rings is 1. The lowest BCUT2D eigenvalue weighted by Gasteiger charge is -2.19. The van der Waals surface area contributed by atoms with Gasteiger partial charge in [-0.1, -0.05) is 5.92 Å². The van der Waals surface area contributed by atoms with Crippen molar-refractivity contribution < 1.29 is 24.0 Å². The number of rotatable bonds is 6. The van der Waals surface area contributed by atoms with E-state index in [4.69, 9.17) is 9.47 Å². The average molecular weight is 348 g/mol. The van der Waals surface area contributed by atoms with Crippen molar-refractivity contribution in [1.29, 1.82) is 0 Å². The third-order valence-corrected chi connectivity index (χ3v) is 2.61. The van der Waals surface area contributed by atoms with Crippen LogP contribution < -0.4 is 5.32 Å². The van der Waals surface area contributed by atoms with E-state index in [-0.39, 0.29) is 25.4 Å². The van der Waals surface area contributed by atoms with E-state index in [0.717, 1.165) is 0 Å². The summed E-state index contributed by atoms with van der Waals surface area (Å²) in [5.41, 5.74) is 0.0290. The molecule has 1 N–H and O–H groups in total. The largest absolute Gasteiger partial charge is 0.459 e. The molecule has 1 aromatic carbocycles. The first-order chi connectivity index (χ1) is 11.7. The van der Waals surface area contributed by atoms with Crippen LogP contribution in [0.2, 0.25) is 0 Å². The van der Waals surface area contributed by atoms with E-state index in [1.165, 1.54) is 24.3 Å². The van der Waals surface area contributed by atoms with Crippen LogP contribution in [0.1, 0.15) is 26.3 Å². The minimum Gasteiger partial charge on any atom is -0.459 e. The maximum atomic E-state index is 11.5. The molecule has 0 aliphatic heterocycles. The molecular formula is C17H20N2O6. The van der Waals surface area contributed by atoms with Crippen LogP contribution >= 0.6 is 0 Å². The Morgan fingerprint density at radius 2 is 1.88 bits per heavy atom. The van der Waals surface area contributed by atoms with Gasteiger partial charge in [0.2, 0.25) is 0 Å². The van der Waals surface area contributed by atoms with E-state index in [1.54, 1.807) is 20.8 Å². The Morgan fingerprint density at radius 3 is 2.44 bits per heavy atom. The fourth-order valence-electron chi connectivity index (χ4n) is 1.62. The van der Waals surface area contributed by atoms with Gasteiger partial charge in [-0.05, 0) is 38.5 Å². The lowest BCUT2D eigenvalue weighted by atomic mass is 10.2. The minimum atomic E-state index is -0.725. The van der Waals surface area contributed by atoms with E-state index in [0.29, 0.717) is 5.56 Å². The Morgan fingerprint density at radius 1 is 1.24 bits per heavy atom. The standard InChI is InChI=1S/C17H20N2O6/c1-17(2,3)25-16(21)11-18-10-4-5-15(20)24-12-13-6-8-14(9-7-13)19(22)23/h6-9,18H,10-12H2,1-3H3. The molecule has 25 heavy (non-hydrogen) atoms. The van der Waals surface area contributed by atoms with Crippen LogP contribution in [0.25, 0.3) is 0 Å². The van der Waals surface area contributed by atoms with Crippen LogP contribution in [0.3, 0.4) is 0 Å². The van der Waals surface area contributed by atoms with Gasteiger partial charge in [0.05, 0.1) is 18.0 Å². The Bertz CT molecular complexity index is 680. The maximum Gasteiger partial charge on any atom is 0.384 e. The normalized spacial score (nSPS) is 10.4. The first kappa shape index (κ1) is 20.1. The Balaban J connectivity index is 2.28. The molecular weight excluding hydrogens is 328 g/mol. The lowest BCUT2D eigenvalue weighted by Crippen LogP contribution is -2.31. The zero-order valence-corrected chi connectivity index (χ0v) is 14.3. The maximum absolute atomic E-state index is 11.5. The minimum absolute atomic E-state index is 0.0101. The molecule has 0 aromatic heterocycles. The van der Waals surface area contributed by atoms with Gasteiger partial charge in [-0.15, -0.1) is 0 Å². The summed E-state index contributed by atoms with van der Waals surface area (Å²) in [4.78, 5) is 32.9. The summed E-state index contributed by atoms with van der Waals surface area (Å²) in [5.74, 6) is 3.67. The van der Waals surface area contributed by atoms with Crippen LogP contribution in [-0.4, -0.2) is 35.6 Å². The van der Waals surface area contributed by atoms with Gasteiger partial charge in [0.15, 0.2) is 0 Å². The number of non-ortho nitro benzene ring substituents is 1. The van der Waals surface area contributed by atoms with Crippen molar-refractivity contribution in [2.75, 3.05) is 13.1 Å². The van der Waals surface area contributed by atoms with Crippen molar-refractivity contribution in [2.45, 2.75) is 33.0 Å². The first-order valence-electron chi connectivity index (χ1n) is 7.49. The third kappa shape index (κ3) is 9.07. The van der Waals surface area contributed by atoms with Gasteiger partial charge in [-0.3, -0.25) is 20.2 Å². The van der Waals surface area contributed by atoms with Crippen LogP contribution in [0, 0.1) is 22.0 Å². The summed E-state index contributed by atoms with van der Waals surface area (Å²) in [6.07, 6.45) is 0. The zero-order valence-electron chi connectivity index (χ0n) is 14.3. The summed E-state index contributed by atoms with van der Waals surface area (Å²) in [6.45, 7) is 5.40. The van der Waals surface area contributed by atoms with Crippen LogP contribution in [-0.2, 0) is 25.7 Å². The molecule has 8 heteroatoms. The highest BCUT2D eigenvalue weighted by molar-refractivity contribution is 5.88. The number of hydrogen-bond acceptors (Lipinski definition) is 7. The summed E-state index contributed by atoms with van der Waals surface area (Å²) in [7, 11) is 0. The molecule has 1 rings (SSSR count). The second kappa shape index (κ2) is 9.39. The fraction of sp³-hybridized carbons (Fsp3) is 0.412. The number of nitrogens with one attached hydrogen (secondary N) is 1. The monoisotopic (exact) mass is 348 g/mol. The molecule has 0 aliphatic rings. The van der Waals surface area contributed by atoms with E-state index in [2.05, 4.69) is 17.2 Å². The summed E-state index contributed by atoms with van der Waals surface area (Å²) in [6, 6.07) is 5.66. The topological polar surface area (TPSA) is 108 Å². The molecule has 0 atom stereocenters. The highest BCUT2D eigenvalue weighted by atomic mass is 16.6. The van der Waals surface area contributed by atoms with Crippen molar-refractivity contribution in [3.05, 3.63) is 39.9 Å². The molecule has 0 spiro atoms. The van der Waals surface area contributed by atoms with Crippen molar-refractivity contribution in [1.82, 2.24) is 5.32 Å². The Kier molecular flexibility index (Phi) is 7.56. The van der Waals surface area contributed by atoms with E-state index < -0.39 is 22.5 Å². The highest BCUT2D eigenvalue weighted by Crippen LogP contribution is 2.12. The number of ether oxygens (including phenoxy) is 2. The molecule has 0 bridgehead atoms. The molecule has 0 aliphatic carbocycles. The molecule has 8 nitrogen and oxygen atoms in total. The average Bonchev–Trinajstić information content (AvgIpc) is 2.51. The van der Waals surface area contributed by atoms with Crippen LogP contribution in [0.15, 0.2) is 24.3 Å². The Labute approximate surface area is 145 Å². The number of nitro groups is 1. The second-order valence-electron chi connectivity index (χ2n) is 5.99. The summed E-state index contributed by atoms with van der Waals surface area (Å²) >= 11 is 0. The van der Waals surface area contributed by atoms with Crippen molar-refractivity contribution >= 4 is 17.6 Å². The number of nitro benzene ring substituents is 1. The highest BCUT2D eigenvalue weighted by Gasteiger charge is 2.15. The van der Waals surface area contributed by atoms with Crippen LogP contribution in [0.5, 0.6) is 0 Å². The van der Waals surface area contributed by atoms with Crippen molar-refractivity contribution in [3.63, 3.8) is 0 Å². The lowest BCUT2D eigenvalue weighted by molar-refractivity contribution is -0.384. The molecule has 0 saturated heterocycles. The molecule has 0 unspecified atom stereocenters. The van der Waals surface area contributed by atoms with Crippen molar-refractivity contribution in [2.24, 2.45) is 0 Å².